The zero-order valence-electron chi connectivity index (χ0n) is 13.8. The van der Waals surface area contributed by atoms with Gasteiger partial charge >= 0.3 is 0 Å². The fourth-order valence-corrected chi connectivity index (χ4v) is 2.88. The average molecular weight is 319 g/mol. The molecule has 0 radical (unpaired) electrons. The van der Waals surface area contributed by atoms with Crippen molar-refractivity contribution in [2.45, 2.75) is 25.9 Å². The van der Waals surface area contributed by atoms with E-state index in [-0.39, 0.29) is 11.9 Å². The molecule has 4 nitrogen and oxygen atoms in total. The first-order valence-corrected chi connectivity index (χ1v) is 8.08. The monoisotopic (exact) mass is 319 g/mol. The number of benzene rings is 2. The van der Waals surface area contributed by atoms with E-state index >= 15 is 0 Å². The number of amides is 1. The van der Waals surface area contributed by atoms with E-state index in [2.05, 4.69) is 16.5 Å². The lowest BCUT2D eigenvalue weighted by atomic mass is 10.1. The molecule has 0 aliphatic carbocycles. The summed E-state index contributed by atoms with van der Waals surface area (Å²) in [6, 6.07) is 17.5. The van der Waals surface area contributed by atoms with Crippen molar-refractivity contribution in [1.29, 1.82) is 0 Å². The van der Waals surface area contributed by atoms with E-state index in [9.17, 15) is 4.79 Å². The highest BCUT2D eigenvalue weighted by Crippen LogP contribution is 2.21. The highest BCUT2D eigenvalue weighted by atomic mass is 16.1. The second-order valence-corrected chi connectivity index (χ2v) is 5.81. The van der Waals surface area contributed by atoms with Gasteiger partial charge in [0.1, 0.15) is 5.82 Å². The summed E-state index contributed by atoms with van der Waals surface area (Å²) in [5.74, 6) is 0.837. The number of nitrogens with one attached hydrogen (secondary N) is 1. The summed E-state index contributed by atoms with van der Waals surface area (Å²) in [5, 5.41) is 3.05. The summed E-state index contributed by atoms with van der Waals surface area (Å²) < 4.78 is 2.09. The molecule has 0 bridgehead atoms. The highest BCUT2D eigenvalue weighted by Gasteiger charge is 2.17. The van der Waals surface area contributed by atoms with Gasteiger partial charge in [0.25, 0.3) is 0 Å². The molecule has 1 amide bonds. The Bertz CT molecular complexity index is 852. The van der Waals surface area contributed by atoms with Crippen molar-refractivity contribution in [3.8, 4) is 0 Å². The molecule has 0 saturated carbocycles. The van der Waals surface area contributed by atoms with Crippen LogP contribution in [0.4, 0.5) is 0 Å². The molecular formula is C20H21N3O. The minimum Gasteiger partial charge on any atom is -0.346 e. The molecule has 1 N–H and O–H groups in total. The van der Waals surface area contributed by atoms with E-state index in [0.29, 0.717) is 13.0 Å². The third-order valence-electron chi connectivity index (χ3n) is 3.97. The van der Waals surface area contributed by atoms with Crippen molar-refractivity contribution >= 4 is 16.9 Å². The minimum absolute atomic E-state index is 0.00842. The molecule has 3 aromatic rings. The summed E-state index contributed by atoms with van der Waals surface area (Å²) >= 11 is 0. The number of hydrogen-bond acceptors (Lipinski definition) is 2. The fourth-order valence-electron chi connectivity index (χ4n) is 2.88. The summed E-state index contributed by atoms with van der Waals surface area (Å²) in [7, 11) is 0. The fraction of sp³-hybridized carbons (Fsp3) is 0.200. The van der Waals surface area contributed by atoms with Crippen LogP contribution in [0.15, 0.2) is 67.3 Å². The molecule has 1 aromatic heterocycles. The van der Waals surface area contributed by atoms with Gasteiger partial charge in [0.15, 0.2) is 0 Å². The first kappa shape index (κ1) is 16.0. The van der Waals surface area contributed by atoms with Crippen molar-refractivity contribution in [1.82, 2.24) is 14.9 Å². The van der Waals surface area contributed by atoms with Gasteiger partial charge in [-0.2, -0.15) is 0 Å². The van der Waals surface area contributed by atoms with Gasteiger partial charge in [0.2, 0.25) is 5.91 Å². The lowest BCUT2D eigenvalue weighted by Gasteiger charge is -2.15. The molecule has 1 atom stereocenters. The average Bonchev–Trinajstić information content (AvgIpc) is 2.95. The van der Waals surface area contributed by atoms with Gasteiger partial charge in [-0.3, -0.25) is 4.79 Å². The van der Waals surface area contributed by atoms with Crippen LogP contribution in [0.2, 0.25) is 0 Å². The largest absolute Gasteiger partial charge is 0.346 e. The van der Waals surface area contributed by atoms with Crippen LogP contribution < -0.4 is 5.32 Å². The standard InChI is InChI=1S/C20H21N3O/c1-3-13-23-18-12-8-7-11-17(18)22-20(23)15(2)21-19(24)14-16-9-5-4-6-10-16/h3-12,15H,1,13-14H2,2H3,(H,21,24). The van der Waals surface area contributed by atoms with Gasteiger partial charge in [0, 0.05) is 6.54 Å². The SMILES string of the molecule is C=CCn1c(C(C)NC(=O)Cc2ccccc2)nc2ccccc21. The van der Waals surface area contributed by atoms with Gasteiger partial charge in [-0.1, -0.05) is 48.5 Å². The summed E-state index contributed by atoms with van der Waals surface area (Å²) in [6.07, 6.45) is 2.21. The maximum atomic E-state index is 12.3. The number of para-hydroxylation sites is 2. The Morgan fingerprint density at radius 2 is 1.92 bits per heavy atom. The Kier molecular flexibility index (Phi) is 4.75. The lowest BCUT2D eigenvalue weighted by Crippen LogP contribution is -2.30. The van der Waals surface area contributed by atoms with Crippen molar-refractivity contribution in [2.75, 3.05) is 0 Å². The third-order valence-corrected chi connectivity index (χ3v) is 3.97. The van der Waals surface area contributed by atoms with Crippen molar-refractivity contribution in [2.24, 2.45) is 0 Å². The molecule has 2 aromatic carbocycles. The van der Waals surface area contributed by atoms with Crippen LogP contribution in [0.5, 0.6) is 0 Å². The van der Waals surface area contributed by atoms with Crippen LogP contribution in [0.25, 0.3) is 11.0 Å². The molecule has 0 aliphatic heterocycles. The van der Waals surface area contributed by atoms with Crippen LogP contribution in [-0.4, -0.2) is 15.5 Å². The lowest BCUT2D eigenvalue weighted by molar-refractivity contribution is -0.121. The second-order valence-electron chi connectivity index (χ2n) is 5.81. The Balaban J connectivity index is 1.80. The normalized spacial score (nSPS) is 12.0. The van der Waals surface area contributed by atoms with Gasteiger partial charge in [-0.15, -0.1) is 6.58 Å². The van der Waals surface area contributed by atoms with E-state index in [4.69, 9.17) is 4.98 Å². The number of carbonyl (C=O) groups excluding carboxylic acids is 1. The van der Waals surface area contributed by atoms with Crippen LogP contribution in [0.1, 0.15) is 24.4 Å². The number of fused-ring (bicyclic) bond motifs is 1. The molecule has 0 saturated heterocycles. The minimum atomic E-state index is -0.173. The molecule has 3 rings (SSSR count). The second kappa shape index (κ2) is 7.13. The van der Waals surface area contributed by atoms with E-state index < -0.39 is 0 Å². The van der Waals surface area contributed by atoms with Crippen LogP contribution >= 0.6 is 0 Å². The Labute approximate surface area is 141 Å². The van der Waals surface area contributed by atoms with E-state index in [1.807, 2.05) is 67.6 Å². The number of imidazole rings is 1. The predicted molar refractivity (Wildman–Crippen MR) is 96.6 cm³/mol. The van der Waals surface area contributed by atoms with E-state index in [0.717, 1.165) is 22.4 Å². The Morgan fingerprint density at radius 1 is 1.21 bits per heavy atom. The van der Waals surface area contributed by atoms with Gasteiger partial charge in [-0.25, -0.2) is 4.98 Å². The van der Waals surface area contributed by atoms with Crippen LogP contribution in [0.3, 0.4) is 0 Å². The number of allylic oxidation sites excluding steroid dienone is 1. The smallest absolute Gasteiger partial charge is 0.224 e. The third kappa shape index (κ3) is 3.38. The molecule has 1 unspecified atom stereocenters. The maximum Gasteiger partial charge on any atom is 0.224 e. The van der Waals surface area contributed by atoms with Crippen molar-refractivity contribution < 1.29 is 4.79 Å². The topological polar surface area (TPSA) is 46.9 Å². The number of aromatic nitrogens is 2. The van der Waals surface area contributed by atoms with Crippen LogP contribution in [0, 0.1) is 0 Å². The molecule has 0 aliphatic rings. The molecule has 0 spiro atoms. The molecule has 1 heterocycles. The molecule has 24 heavy (non-hydrogen) atoms. The zero-order valence-corrected chi connectivity index (χ0v) is 13.8. The van der Waals surface area contributed by atoms with Gasteiger partial charge in [-0.05, 0) is 24.6 Å². The first-order chi connectivity index (χ1) is 11.7. The van der Waals surface area contributed by atoms with E-state index in [1.165, 1.54) is 0 Å². The molecule has 4 heteroatoms. The molecule has 0 fully saturated rings. The predicted octanol–water partition coefficient (Wildman–Crippen LogP) is 3.64. The van der Waals surface area contributed by atoms with Crippen molar-refractivity contribution in [3.63, 3.8) is 0 Å². The first-order valence-electron chi connectivity index (χ1n) is 8.08. The highest BCUT2D eigenvalue weighted by molar-refractivity contribution is 5.79. The Morgan fingerprint density at radius 3 is 2.67 bits per heavy atom. The quantitative estimate of drug-likeness (QED) is 0.705. The molecular weight excluding hydrogens is 298 g/mol. The summed E-state index contributed by atoms with van der Waals surface area (Å²) in [6.45, 7) is 6.45. The maximum absolute atomic E-state index is 12.3. The van der Waals surface area contributed by atoms with Crippen LogP contribution in [-0.2, 0) is 17.8 Å². The molecule has 122 valence electrons. The number of nitrogens with zero attached hydrogens (tertiary/aromatic N) is 2. The van der Waals surface area contributed by atoms with Gasteiger partial charge < -0.3 is 9.88 Å². The Hall–Kier alpha value is -2.88. The van der Waals surface area contributed by atoms with Crippen molar-refractivity contribution in [3.05, 3.63) is 78.6 Å². The number of rotatable bonds is 6. The zero-order chi connectivity index (χ0) is 16.9. The summed E-state index contributed by atoms with van der Waals surface area (Å²) in [4.78, 5) is 17.0. The van der Waals surface area contributed by atoms with Gasteiger partial charge in [0.05, 0.1) is 23.5 Å². The van der Waals surface area contributed by atoms with E-state index in [1.54, 1.807) is 0 Å². The number of hydrogen-bond donors (Lipinski definition) is 1. The number of carbonyl (C=O) groups is 1. The summed E-state index contributed by atoms with van der Waals surface area (Å²) in [5.41, 5.74) is 2.98.